The molecule has 0 saturated carbocycles. The van der Waals surface area contributed by atoms with Crippen molar-refractivity contribution in [1.29, 1.82) is 0 Å². The standard InChI is InChI=1S/C19H19BrClNO5S/c20-15-4-1-3-13(7-15)11-28(24,25)12-18(23)22-10-14-8-16(21)19-17(9-14)26-5-2-6-27-19/h1,3-4,7-9H,2,5-6,10-12H2,(H,22,23). The van der Waals surface area contributed by atoms with Gasteiger partial charge in [0.1, 0.15) is 5.75 Å². The first-order chi connectivity index (χ1) is 13.3. The van der Waals surface area contributed by atoms with Gasteiger partial charge in [0.25, 0.3) is 0 Å². The number of carbonyl (C=O) groups is 1. The van der Waals surface area contributed by atoms with Crippen LogP contribution in [0.4, 0.5) is 0 Å². The number of fused-ring (bicyclic) bond motifs is 1. The van der Waals surface area contributed by atoms with Gasteiger partial charge in [-0.15, -0.1) is 0 Å². The van der Waals surface area contributed by atoms with Crippen molar-refractivity contribution in [3.63, 3.8) is 0 Å². The minimum Gasteiger partial charge on any atom is -0.489 e. The monoisotopic (exact) mass is 487 g/mol. The summed E-state index contributed by atoms with van der Waals surface area (Å²) in [6.07, 6.45) is 0.757. The third-order valence-corrected chi connectivity index (χ3v) is 6.23. The lowest BCUT2D eigenvalue weighted by Gasteiger charge is -2.12. The van der Waals surface area contributed by atoms with Gasteiger partial charge in [-0.25, -0.2) is 8.42 Å². The Bertz CT molecular complexity index is 980. The molecular formula is C19H19BrClNO5S. The van der Waals surface area contributed by atoms with Gasteiger partial charge in [0, 0.05) is 17.4 Å². The van der Waals surface area contributed by atoms with Crippen LogP contribution in [0.1, 0.15) is 17.5 Å². The molecule has 1 heterocycles. The van der Waals surface area contributed by atoms with Gasteiger partial charge < -0.3 is 14.8 Å². The predicted molar refractivity (Wildman–Crippen MR) is 111 cm³/mol. The SMILES string of the molecule is O=C(CS(=O)(=O)Cc1cccc(Br)c1)NCc1cc(Cl)c2c(c1)OCCCO2. The molecule has 0 saturated heterocycles. The zero-order valence-electron chi connectivity index (χ0n) is 14.9. The van der Waals surface area contributed by atoms with Crippen LogP contribution in [-0.2, 0) is 26.9 Å². The van der Waals surface area contributed by atoms with Gasteiger partial charge in [-0.3, -0.25) is 4.79 Å². The molecule has 0 spiro atoms. The Balaban J connectivity index is 1.59. The normalized spacial score (nSPS) is 13.6. The Hall–Kier alpha value is -1.77. The smallest absolute Gasteiger partial charge is 0.235 e. The summed E-state index contributed by atoms with van der Waals surface area (Å²) in [5.41, 5.74) is 1.32. The highest BCUT2D eigenvalue weighted by Crippen LogP contribution is 2.37. The van der Waals surface area contributed by atoms with Crippen LogP contribution in [0, 0.1) is 0 Å². The van der Waals surface area contributed by atoms with Gasteiger partial charge >= 0.3 is 0 Å². The van der Waals surface area contributed by atoms with E-state index in [2.05, 4.69) is 21.2 Å². The minimum absolute atomic E-state index is 0.140. The average molecular weight is 489 g/mol. The van der Waals surface area contributed by atoms with Gasteiger partial charge in [-0.05, 0) is 35.4 Å². The number of nitrogens with one attached hydrogen (secondary N) is 1. The lowest BCUT2D eigenvalue weighted by atomic mass is 10.2. The fourth-order valence-electron chi connectivity index (χ4n) is 2.77. The van der Waals surface area contributed by atoms with E-state index in [4.69, 9.17) is 21.1 Å². The third-order valence-electron chi connectivity index (χ3n) is 3.98. The molecule has 0 radical (unpaired) electrons. The predicted octanol–water partition coefficient (Wildman–Crippen LogP) is 3.50. The first-order valence-corrected chi connectivity index (χ1v) is 11.6. The molecule has 28 heavy (non-hydrogen) atoms. The topological polar surface area (TPSA) is 81.7 Å². The molecule has 1 aliphatic heterocycles. The molecule has 2 aromatic rings. The van der Waals surface area contributed by atoms with E-state index in [1.807, 2.05) is 6.07 Å². The van der Waals surface area contributed by atoms with Crippen LogP contribution in [0.2, 0.25) is 5.02 Å². The summed E-state index contributed by atoms with van der Waals surface area (Å²) >= 11 is 9.53. The first-order valence-electron chi connectivity index (χ1n) is 8.62. The van der Waals surface area contributed by atoms with Crippen molar-refractivity contribution in [3.05, 3.63) is 57.0 Å². The molecule has 0 aromatic heterocycles. The molecule has 1 aliphatic rings. The van der Waals surface area contributed by atoms with Crippen molar-refractivity contribution in [2.75, 3.05) is 19.0 Å². The van der Waals surface area contributed by atoms with E-state index in [1.165, 1.54) is 0 Å². The maximum Gasteiger partial charge on any atom is 0.235 e. The molecular weight excluding hydrogens is 470 g/mol. The third kappa shape index (κ3) is 5.86. The molecule has 2 aromatic carbocycles. The lowest BCUT2D eigenvalue weighted by Crippen LogP contribution is -2.30. The number of benzene rings is 2. The molecule has 1 amide bonds. The van der Waals surface area contributed by atoms with Gasteiger partial charge in [0.15, 0.2) is 21.3 Å². The summed E-state index contributed by atoms with van der Waals surface area (Å²) in [6.45, 7) is 1.19. The number of hydrogen-bond acceptors (Lipinski definition) is 5. The molecule has 9 heteroatoms. The molecule has 6 nitrogen and oxygen atoms in total. The van der Waals surface area contributed by atoms with Crippen LogP contribution in [0.25, 0.3) is 0 Å². The van der Waals surface area contributed by atoms with E-state index in [0.717, 1.165) is 10.9 Å². The largest absolute Gasteiger partial charge is 0.489 e. The molecule has 150 valence electrons. The Morgan fingerprint density at radius 3 is 2.71 bits per heavy atom. The summed E-state index contributed by atoms with van der Waals surface area (Å²) in [5, 5.41) is 3.01. The van der Waals surface area contributed by atoms with Crippen LogP contribution >= 0.6 is 27.5 Å². The van der Waals surface area contributed by atoms with Crippen molar-refractivity contribution in [2.45, 2.75) is 18.7 Å². The summed E-state index contributed by atoms with van der Waals surface area (Å²) in [4.78, 5) is 12.1. The highest BCUT2D eigenvalue weighted by Gasteiger charge is 2.19. The van der Waals surface area contributed by atoms with Crippen LogP contribution in [0.3, 0.4) is 0 Å². The summed E-state index contributed by atoms with van der Waals surface area (Å²) < 4.78 is 36.5. The Morgan fingerprint density at radius 1 is 1.14 bits per heavy atom. The van der Waals surface area contributed by atoms with Gasteiger partial charge in [0.05, 0.1) is 24.0 Å². The summed E-state index contributed by atoms with van der Waals surface area (Å²) in [7, 11) is -3.59. The zero-order chi connectivity index (χ0) is 20.1. The van der Waals surface area contributed by atoms with Crippen molar-refractivity contribution in [1.82, 2.24) is 5.32 Å². The molecule has 1 N–H and O–H groups in total. The lowest BCUT2D eigenvalue weighted by molar-refractivity contribution is -0.118. The number of halogens is 2. The van der Waals surface area contributed by atoms with Gasteiger partial charge in [-0.1, -0.05) is 39.7 Å². The number of amides is 1. The zero-order valence-corrected chi connectivity index (χ0v) is 18.1. The second-order valence-corrected chi connectivity index (χ2v) is 9.78. The van der Waals surface area contributed by atoms with E-state index < -0.39 is 21.5 Å². The van der Waals surface area contributed by atoms with Crippen molar-refractivity contribution >= 4 is 43.3 Å². The summed E-state index contributed by atoms with van der Waals surface area (Å²) in [6, 6.07) is 10.4. The molecule has 3 rings (SSSR count). The fraction of sp³-hybridized carbons (Fsp3) is 0.316. The van der Waals surface area contributed by atoms with E-state index in [-0.39, 0.29) is 12.3 Å². The second kappa shape index (κ2) is 9.15. The van der Waals surface area contributed by atoms with Crippen LogP contribution < -0.4 is 14.8 Å². The molecule has 0 bridgehead atoms. The molecule has 0 fully saturated rings. The van der Waals surface area contributed by atoms with E-state index in [9.17, 15) is 13.2 Å². The molecule has 0 aliphatic carbocycles. The average Bonchev–Trinajstić information content (AvgIpc) is 2.85. The van der Waals surface area contributed by atoms with Crippen LogP contribution in [0.5, 0.6) is 11.5 Å². The molecule has 0 unspecified atom stereocenters. The number of rotatable bonds is 6. The summed E-state index contributed by atoms with van der Waals surface area (Å²) in [5.74, 6) is -0.339. The Labute approximate surface area is 177 Å². The van der Waals surface area contributed by atoms with Crippen LogP contribution in [-0.4, -0.2) is 33.3 Å². The van der Waals surface area contributed by atoms with Crippen molar-refractivity contribution in [2.24, 2.45) is 0 Å². The highest BCUT2D eigenvalue weighted by atomic mass is 79.9. The van der Waals surface area contributed by atoms with E-state index >= 15 is 0 Å². The Morgan fingerprint density at radius 2 is 1.93 bits per heavy atom. The minimum atomic E-state index is -3.59. The first kappa shape index (κ1) is 21.0. The van der Waals surface area contributed by atoms with Gasteiger partial charge in [0.2, 0.25) is 5.91 Å². The number of ether oxygens (including phenoxy) is 2. The number of hydrogen-bond donors (Lipinski definition) is 1. The van der Waals surface area contributed by atoms with Crippen molar-refractivity contribution < 1.29 is 22.7 Å². The van der Waals surface area contributed by atoms with E-state index in [0.29, 0.717) is 40.9 Å². The highest BCUT2D eigenvalue weighted by molar-refractivity contribution is 9.10. The number of carbonyl (C=O) groups excluding carboxylic acids is 1. The second-order valence-electron chi connectivity index (χ2n) is 6.39. The fourth-order valence-corrected chi connectivity index (χ4v) is 4.79. The maximum absolute atomic E-state index is 12.3. The maximum atomic E-state index is 12.3. The van der Waals surface area contributed by atoms with E-state index in [1.54, 1.807) is 30.3 Å². The van der Waals surface area contributed by atoms with Crippen LogP contribution in [0.15, 0.2) is 40.9 Å². The Kier molecular flexibility index (Phi) is 6.85. The number of sulfone groups is 1. The molecule has 0 atom stereocenters. The quantitative estimate of drug-likeness (QED) is 0.673. The van der Waals surface area contributed by atoms with Crippen molar-refractivity contribution in [3.8, 4) is 11.5 Å². The van der Waals surface area contributed by atoms with Gasteiger partial charge in [-0.2, -0.15) is 0 Å².